The molecule has 3 rings (SSSR count). The third kappa shape index (κ3) is 6.72. The minimum Gasteiger partial charge on any atom is -0.456 e. The molecule has 0 saturated carbocycles. The van der Waals surface area contributed by atoms with Crippen molar-refractivity contribution in [2.45, 2.75) is 33.0 Å². The second-order valence-electron chi connectivity index (χ2n) is 8.71. The molecule has 7 nitrogen and oxygen atoms in total. The summed E-state index contributed by atoms with van der Waals surface area (Å²) in [4.78, 5) is 29.5. The number of benzene rings is 2. The number of nitrogens with one attached hydrogen (secondary N) is 1. The quantitative estimate of drug-likeness (QED) is 0.726. The number of carbonyl (C=O) groups excluding carboxylic acids is 2. The van der Waals surface area contributed by atoms with E-state index in [1.165, 1.54) is 0 Å². The molecule has 1 aliphatic rings. The number of hydrogen-bond donors (Lipinski definition) is 1. The molecular weight excluding hydrogens is 394 g/mol. The molecular formula is C24H31N3O4. The van der Waals surface area contributed by atoms with Crippen LogP contribution in [0.5, 0.6) is 0 Å². The lowest BCUT2D eigenvalue weighted by atomic mass is 10.1. The molecule has 1 N–H and O–H groups in total. The Morgan fingerprint density at radius 2 is 1.68 bits per heavy atom. The average molecular weight is 426 g/mol. The summed E-state index contributed by atoms with van der Waals surface area (Å²) in [5.41, 5.74) is 2.07. The minimum atomic E-state index is -0.602. The van der Waals surface area contributed by atoms with Crippen LogP contribution in [-0.2, 0) is 16.1 Å². The van der Waals surface area contributed by atoms with Gasteiger partial charge in [0.05, 0.1) is 16.9 Å². The van der Waals surface area contributed by atoms with E-state index in [2.05, 4.69) is 22.2 Å². The molecule has 1 heterocycles. The summed E-state index contributed by atoms with van der Waals surface area (Å²) in [5, 5.41) is 2.82. The maximum atomic E-state index is 12.6. The molecule has 0 unspecified atom stereocenters. The fourth-order valence-corrected chi connectivity index (χ4v) is 3.29. The predicted molar refractivity (Wildman–Crippen MR) is 122 cm³/mol. The summed E-state index contributed by atoms with van der Waals surface area (Å²) in [6.45, 7) is 9.14. The van der Waals surface area contributed by atoms with E-state index in [9.17, 15) is 9.59 Å². The van der Waals surface area contributed by atoms with E-state index in [-0.39, 0.29) is 6.61 Å². The summed E-state index contributed by atoms with van der Waals surface area (Å²) < 4.78 is 10.9. The van der Waals surface area contributed by atoms with Crippen LogP contribution < -0.4 is 10.2 Å². The van der Waals surface area contributed by atoms with Gasteiger partial charge in [0.1, 0.15) is 12.2 Å². The van der Waals surface area contributed by atoms with Crippen LogP contribution in [0.25, 0.3) is 0 Å². The van der Waals surface area contributed by atoms with Crippen LogP contribution in [0.3, 0.4) is 0 Å². The highest BCUT2D eigenvalue weighted by atomic mass is 16.6. The molecule has 0 aromatic heterocycles. The maximum absolute atomic E-state index is 12.6. The predicted octanol–water partition coefficient (Wildman–Crippen LogP) is 4.14. The van der Waals surface area contributed by atoms with E-state index < -0.39 is 17.7 Å². The van der Waals surface area contributed by atoms with Gasteiger partial charge in [-0.05, 0) is 51.6 Å². The Labute approximate surface area is 183 Å². The Balaban J connectivity index is 1.78. The van der Waals surface area contributed by atoms with E-state index >= 15 is 0 Å². The summed E-state index contributed by atoms with van der Waals surface area (Å²) in [6.07, 6.45) is -0.569. The number of amides is 1. The number of carbonyl (C=O) groups is 2. The van der Waals surface area contributed by atoms with Gasteiger partial charge < -0.3 is 19.3 Å². The van der Waals surface area contributed by atoms with Crippen LogP contribution in [0, 0.1) is 0 Å². The van der Waals surface area contributed by atoms with Gasteiger partial charge in [0, 0.05) is 26.2 Å². The number of piperazine rings is 1. The highest BCUT2D eigenvalue weighted by Crippen LogP contribution is 2.29. The first-order valence-corrected chi connectivity index (χ1v) is 10.5. The van der Waals surface area contributed by atoms with Crippen LogP contribution >= 0.6 is 0 Å². The molecule has 2 aromatic carbocycles. The van der Waals surface area contributed by atoms with Gasteiger partial charge in [0.25, 0.3) is 0 Å². The summed E-state index contributed by atoms with van der Waals surface area (Å²) in [5.74, 6) is -0.432. The number of esters is 1. The molecule has 31 heavy (non-hydrogen) atoms. The van der Waals surface area contributed by atoms with E-state index in [0.717, 1.165) is 37.4 Å². The zero-order valence-electron chi connectivity index (χ0n) is 18.7. The fourth-order valence-electron chi connectivity index (χ4n) is 3.29. The van der Waals surface area contributed by atoms with Crippen LogP contribution in [0.2, 0.25) is 0 Å². The van der Waals surface area contributed by atoms with E-state index in [1.807, 2.05) is 57.2 Å². The average Bonchev–Trinajstić information content (AvgIpc) is 2.72. The van der Waals surface area contributed by atoms with Gasteiger partial charge in [0.2, 0.25) is 0 Å². The molecule has 1 aliphatic heterocycles. The molecule has 1 fully saturated rings. The lowest BCUT2D eigenvalue weighted by molar-refractivity contribution is 0.00695. The fraction of sp³-hybridized carbons (Fsp3) is 0.417. The van der Waals surface area contributed by atoms with Crippen molar-refractivity contribution in [3.63, 3.8) is 0 Å². The first kappa shape index (κ1) is 22.6. The van der Waals surface area contributed by atoms with Gasteiger partial charge in [-0.25, -0.2) is 9.59 Å². The lowest BCUT2D eigenvalue weighted by Gasteiger charge is -2.35. The Bertz CT molecular complexity index is 901. The number of anilines is 2. The van der Waals surface area contributed by atoms with E-state index in [0.29, 0.717) is 11.3 Å². The minimum absolute atomic E-state index is 0.169. The van der Waals surface area contributed by atoms with Gasteiger partial charge in [-0.2, -0.15) is 0 Å². The van der Waals surface area contributed by atoms with Gasteiger partial charge >= 0.3 is 12.1 Å². The Morgan fingerprint density at radius 1 is 1.00 bits per heavy atom. The molecule has 0 spiro atoms. The highest BCUT2D eigenvalue weighted by Gasteiger charge is 2.22. The van der Waals surface area contributed by atoms with Gasteiger partial charge in [0.15, 0.2) is 0 Å². The smallest absolute Gasteiger partial charge is 0.412 e. The van der Waals surface area contributed by atoms with Crippen molar-refractivity contribution in [3.05, 3.63) is 59.7 Å². The van der Waals surface area contributed by atoms with E-state index in [4.69, 9.17) is 9.47 Å². The topological polar surface area (TPSA) is 71.1 Å². The molecule has 7 heteroatoms. The lowest BCUT2D eigenvalue weighted by Crippen LogP contribution is -2.44. The first-order valence-electron chi connectivity index (χ1n) is 10.5. The van der Waals surface area contributed by atoms with Gasteiger partial charge in [-0.15, -0.1) is 0 Å². The van der Waals surface area contributed by atoms with Crippen LogP contribution in [0.4, 0.5) is 16.2 Å². The van der Waals surface area contributed by atoms with Gasteiger partial charge in [-0.1, -0.05) is 30.3 Å². The first-order chi connectivity index (χ1) is 14.7. The van der Waals surface area contributed by atoms with Crippen LogP contribution in [-0.4, -0.2) is 55.8 Å². The normalized spacial score (nSPS) is 14.8. The zero-order valence-corrected chi connectivity index (χ0v) is 18.7. The molecule has 1 saturated heterocycles. The largest absolute Gasteiger partial charge is 0.456 e. The summed E-state index contributed by atoms with van der Waals surface area (Å²) >= 11 is 0. The monoisotopic (exact) mass is 425 g/mol. The third-order valence-electron chi connectivity index (χ3n) is 4.92. The van der Waals surface area contributed by atoms with Crippen LogP contribution in [0.15, 0.2) is 48.5 Å². The summed E-state index contributed by atoms with van der Waals surface area (Å²) in [6, 6.07) is 14.7. The highest BCUT2D eigenvalue weighted by molar-refractivity contribution is 5.96. The zero-order chi connectivity index (χ0) is 22.4. The molecule has 0 atom stereocenters. The SMILES string of the molecule is CN1CCN(c2ccc(C(=O)OC(C)(C)C)cc2NC(=O)OCc2ccccc2)CC1. The Morgan fingerprint density at radius 3 is 2.32 bits per heavy atom. The summed E-state index contributed by atoms with van der Waals surface area (Å²) in [7, 11) is 2.09. The van der Waals surface area contributed by atoms with Crippen molar-refractivity contribution in [1.82, 2.24) is 4.90 Å². The standard InChI is InChI=1S/C24H31N3O4/c1-24(2,3)31-22(28)19-10-11-21(27-14-12-26(4)13-15-27)20(16-19)25-23(29)30-17-18-8-6-5-7-9-18/h5-11,16H,12-15,17H2,1-4H3,(H,25,29). The van der Waals surface area contributed by atoms with Crippen molar-refractivity contribution in [2.75, 3.05) is 43.4 Å². The van der Waals surface area contributed by atoms with Crippen molar-refractivity contribution >= 4 is 23.4 Å². The Kier molecular flexibility index (Phi) is 7.17. The Hall–Kier alpha value is -3.06. The molecule has 1 amide bonds. The number of likely N-dealkylation sites (N-methyl/N-ethyl adjacent to an activating group) is 1. The number of rotatable bonds is 5. The molecule has 0 bridgehead atoms. The third-order valence-corrected chi connectivity index (χ3v) is 4.92. The number of ether oxygens (including phenoxy) is 2. The maximum Gasteiger partial charge on any atom is 0.412 e. The number of nitrogens with zero attached hydrogens (tertiary/aromatic N) is 2. The second-order valence-corrected chi connectivity index (χ2v) is 8.71. The molecule has 166 valence electrons. The van der Waals surface area contributed by atoms with Crippen molar-refractivity contribution in [3.8, 4) is 0 Å². The van der Waals surface area contributed by atoms with E-state index in [1.54, 1.807) is 12.1 Å². The number of hydrogen-bond acceptors (Lipinski definition) is 6. The van der Waals surface area contributed by atoms with Gasteiger partial charge in [-0.3, -0.25) is 5.32 Å². The molecule has 0 radical (unpaired) electrons. The van der Waals surface area contributed by atoms with Crippen molar-refractivity contribution < 1.29 is 19.1 Å². The van der Waals surface area contributed by atoms with Crippen molar-refractivity contribution in [2.24, 2.45) is 0 Å². The van der Waals surface area contributed by atoms with Crippen LogP contribution in [0.1, 0.15) is 36.7 Å². The molecule has 2 aromatic rings. The second kappa shape index (κ2) is 9.83. The van der Waals surface area contributed by atoms with Crippen molar-refractivity contribution in [1.29, 1.82) is 0 Å². The molecule has 0 aliphatic carbocycles.